The monoisotopic (exact) mass is 214 g/mol. The fourth-order valence-electron chi connectivity index (χ4n) is 1.78. The minimum absolute atomic E-state index is 0.421. The van der Waals surface area contributed by atoms with Crippen LogP contribution in [0.15, 0.2) is 0 Å². The third-order valence-electron chi connectivity index (χ3n) is 3.60. The zero-order chi connectivity index (χ0) is 11.8. The maximum absolute atomic E-state index is 5.28. The van der Waals surface area contributed by atoms with Crippen molar-refractivity contribution < 1.29 is 4.74 Å². The summed E-state index contributed by atoms with van der Waals surface area (Å²) < 4.78 is 5.28. The van der Waals surface area contributed by atoms with Crippen LogP contribution in [-0.2, 0) is 4.74 Å². The van der Waals surface area contributed by atoms with Crippen LogP contribution in [0.1, 0.15) is 60.3 Å². The number of ether oxygens (including phenoxy) is 1. The van der Waals surface area contributed by atoms with Gasteiger partial charge in [-0.2, -0.15) is 0 Å². The summed E-state index contributed by atoms with van der Waals surface area (Å²) in [4.78, 5) is 0. The Kier molecular flexibility index (Phi) is 8.13. The molecular weight excluding hydrogens is 184 g/mol. The van der Waals surface area contributed by atoms with Gasteiger partial charge in [0.2, 0.25) is 0 Å². The Morgan fingerprint density at radius 3 is 1.60 bits per heavy atom. The summed E-state index contributed by atoms with van der Waals surface area (Å²) in [6, 6.07) is 0. The van der Waals surface area contributed by atoms with Gasteiger partial charge in [-0.15, -0.1) is 0 Å². The lowest BCUT2D eigenvalue weighted by molar-refractivity contribution is 0.101. The van der Waals surface area contributed by atoms with Crippen molar-refractivity contribution in [3.05, 3.63) is 0 Å². The number of rotatable bonds is 8. The van der Waals surface area contributed by atoms with E-state index in [9.17, 15) is 0 Å². The van der Waals surface area contributed by atoms with Crippen LogP contribution >= 0.6 is 0 Å². The normalized spacial score (nSPS) is 17.8. The van der Waals surface area contributed by atoms with E-state index in [2.05, 4.69) is 34.6 Å². The molecule has 0 N–H and O–H groups in total. The Balaban J connectivity index is 3.64. The molecule has 0 bridgehead atoms. The first-order chi connectivity index (χ1) is 6.97. The molecule has 0 saturated carbocycles. The van der Waals surface area contributed by atoms with Gasteiger partial charge in [0.15, 0.2) is 0 Å². The molecule has 1 heteroatoms. The van der Waals surface area contributed by atoms with Gasteiger partial charge in [-0.05, 0) is 37.5 Å². The fourth-order valence-corrected chi connectivity index (χ4v) is 1.78. The van der Waals surface area contributed by atoms with Crippen LogP contribution < -0.4 is 0 Å². The van der Waals surface area contributed by atoms with Crippen molar-refractivity contribution in [2.24, 2.45) is 17.8 Å². The predicted molar refractivity (Wildman–Crippen MR) is 68.1 cm³/mol. The molecule has 0 spiro atoms. The molecule has 0 saturated heterocycles. The molecule has 0 aromatic carbocycles. The van der Waals surface area contributed by atoms with E-state index in [1.165, 1.54) is 25.7 Å². The molecule has 0 rings (SSSR count). The molecule has 92 valence electrons. The molecule has 0 amide bonds. The van der Waals surface area contributed by atoms with Gasteiger partial charge >= 0.3 is 0 Å². The Labute approximate surface area is 96.6 Å². The third kappa shape index (κ3) is 7.84. The first kappa shape index (κ1) is 15.0. The van der Waals surface area contributed by atoms with Gasteiger partial charge in [-0.3, -0.25) is 0 Å². The summed E-state index contributed by atoms with van der Waals surface area (Å²) in [5, 5.41) is 0. The molecule has 3 atom stereocenters. The van der Waals surface area contributed by atoms with Gasteiger partial charge in [0, 0.05) is 7.11 Å². The van der Waals surface area contributed by atoms with E-state index >= 15 is 0 Å². The lowest BCUT2D eigenvalue weighted by Crippen LogP contribution is -2.13. The van der Waals surface area contributed by atoms with Crippen LogP contribution in [0.3, 0.4) is 0 Å². The molecule has 1 nitrogen and oxygen atoms in total. The summed E-state index contributed by atoms with van der Waals surface area (Å²) in [7, 11) is 1.80. The molecule has 0 heterocycles. The van der Waals surface area contributed by atoms with Crippen LogP contribution in [-0.4, -0.2) is 13.2 Å². The minimum Gasteiger partial charge on any atom is -0.382 e. The van der Waals surface area contributed by atoms with Gasteiger partial charge < -0.3 is 4.74 Å². The van der Waals surface area contributed by atoms with E-state index in [1.54, 1.807) is 7.11 Å². The van der Waals surface area contributed by atoms with Gasteiger partial charge in [-0.25, -0.2) is 0 Å². The highest BCUT2D eigenvalue weighted by Crippen LogP contribution is 2.24. The molecule has 0 aromatic heterocycles. The Morgan fingerprint density at radius 2 is 1.20 bits per heavy atom. The first-order valence-electron chi connectivity index (χ1n) is 6.50. The summed E-state index contributed by atoms with van der Waals surface area (Å²) in [6.07, 6.45) is 5.66. The zero-order valence-electron chi connectivity index (χ0n) is 11.5. The van der Waals surface area contributed by atoms with Crippen LogP contribution in [0.5, 0.6) is 0 Å². The largest absolute Gasteiger partial charge is 0.382 e. The second kappa shape index (κ2) is 8.15. The van der Waals surface area contributed by atoms with Gasteiger partial charge in [0.05, 0.1) is 6.10 Å². The van der Waals surface area contributed by atoms with Crippen molar-refractivity contribution in [1.29, 1.82) is 0 Å². The lowest BCUT2D eigenvalue weighted by atomic mass is 9.86. The SMILES string of the molecule is COC(C)CCC(C)C(C)CCC(C)C. The minimum atomic E-state index is 0.421. The van der Waals surface area contributed by atoms with Crippen molar-refractivity contribution in [3.8, 4) is 0 Å². The second-order valence-electron chi connectivity index (χ2n) is 5.55. The zero-order valence-corrected chi connectivity index (χ0v) is 11.5. The maximum Gasteiger partial charge on any atom is 0.0543 e. The molecule has 15 heavy (non-hydrogen) atoms. The number of methoxy groups -OCH3 is 1. The summed E-state index contributed by atoms with van der Waals surface area (Å²) in [6.45, 7) is 11.6. The first-order valence-corrected chi connectivity index (χ1v) is 6.50. The molecule has 0 radical (unpaired) electrons. The average molecular weight is 214 g/mol. The molecule has 0 aliphatic rings. The van der Waals surface area contributed by atoms with Crippen LogP contribution in [0.2, 0.25) is 0 Å². The molecule has 0 aliphatic heterocycles. The van der Waals surface area contributed by atoms with Crippen LogP contribution in [0.4, 0.5) is 0 Å². The highest BCUT2D eigenvalue weighted by Gasteiger charge is 2.13. The van der Waals surface area contributed by atoms with Gasteiger partial charge in [-0.1, -0.05) is 40.5 Å². The van der Waals surface area contributed by atoms with Crippen molar-refractivity contribution >= 4 is 0 Å². The third-order valence-corrected chi connectivity index (χ3v) is 3.60. The number of hydrogen-bond donors (Lipinski definition) is 0. The maximum atomic E-state index is 5.28. The topological polar surface area (TPSA) is 9.23 Å². The summed E-state index contributed by atoms with van der Waals surface area (Å²) >= 11 is 0. The molecule has 0 fully saturated rings. The summed E-state index contributed by atoms with van der Waals surface area (Å²) in [5.41, 5.74) is 0. The van der Waals surface area contributed by atoms with E-state index in [-0.39, 0.29) is 0 Å². The smallest absolute Gasteiger partial charge is 0.0543 e. The summed E-state index contributed by atoms with van der Waals surface area (Å²) in [5.74, 6) is 2.54. The quantitative estimate of drug-likeness (QED) is 0.577. The molecular formula is C14H30O. The second-order valence-corrected chi connectivity index (χ2v) is 5.55. The van der Waals surface area contributed by atoms with Crippen molar-refractivity contribution in [3.63, 3.8) is 0 Å². The number of hydrogen-bond acceptors (Lipinski definition) is 1. The molecule has 0 aliphatic carbocycles. The van der Waals surface area contributed by atoms with Gasteiger partial charge in [0.25, 0.3) is 0 Å². The highest BCUT2D eigenvalue weighted by molar-refractivity contribution is 4.65. The Bertz CT molecular complexity index is 142. The molecule has 3 unspecified atom stereocenters. The fraction of sp³-hybridized carbons (Fsp3) is 1.00. The predicted octanol–water partition coefficient (Wildman–Crippen LogP) is 4.51. The van der Waals surface area contributed by atoms with E-state index in [1.807, 2.05) is 0 Å². The van der Waals surface area contributed by atoms with Crippen molar-refractivity contribution in [2.75, 3.05) is 7.11 Å². The lowest BCUT2D eigenvalue weighted by Gasteiger charge is -2.22. The average Bonchev–Trinajstić information content (AvgIpc) is 2.21. The van der Waals surface area contributed by atoms with E-state index in [4.69, 9.17) is 4.74 Å². The van der Waals surface area contributed by atoms with E-state index in [0.29, 0.717) is 6.10 Å². The van der Waals surface area contributed by atoms with Crippen molar-refractivity contribution in [2.45, 2.75) is 66.4 Å². The van der Waals surface area contributed by atoms with E-state index in [0.717, 1.165) is 17.8 Å². The van der Waals surface area contributed by atoms with Crippen LogP contribution in [0.25, 0.3) is 0 Å². The van der Waals surface area contributed by atoms with Gasteiger partial charge in [0.1, 0.15) is 0 Å². The Morgan fingerprint density at radius 1 is 0.733 bits per heavy atom. The van der Waals surface area contributed by atoms with Crippen LogP contribution in [0, 0.1) is 17.8 Å². The van der Waals surface area contributed by atoms with Crippen molar-refractivity contribution in [1.82, 2.24) is 0 Å². The van der Waals surface area contributed by atoms with E-state index < -0.39 is 0 Å². The molecule has 0 aromatic rings. The standard InChI is InChI=1S/C14H30O/c1-11(2)7-8-12(3)13(4)9-10-14(5)15-6/h11-14H,7-10H2,1-6H3. The Hall–Kier alpha value is -0.0400. The highest BCUT2D eigenvalue weighted by atomic mass is 16.5.